The molecule has 1 atom stereocenters. The van der Waals surface area contributed by atoms with Gasteiger partial charge in [0, 0.05) is 18.9 Å². The van der Waals surface area contributed by atoms with Crippen molar-refractivity contribution in [3.8, 4) is 11.5 Å². The van der Waals surface area contributed by atoms with Crippen LogP contribution in [0, 0.1) is 0 Å². The highest BCUT2D eigenvalue weighted by Gasteiger charge is 2.21. The predicted molar refractivity (Wildman–Crippen MR) is 91.7 cm³/mol. The first-order chi connectivity index (χ1) is 11.9. The zero-order valence-electron chi connectivity index (χ0n) is 14.4. The number of carbonyl (C=O) groups excluding carboxylic acids is 3. The molecular formula is C19H22O6. The normalized spacial score (nSPS) is 19.8. The molecule has 1 aromatic carbocycles. The molecule has 134 valence electrons. The molecule has 25 heavy (non-hydrogen) atoms. The second-order valence-electron chi connectivity index (χ2n) is 6.01. The van der Waals surface area contributed by atoms with E-state index in [-0.39, 0.29) is 35.7 Å². The molecule has 0 bridgehead atoms. The third kappa shape index (κ3) is 4.92. The first-order valence-corrected chi connectivity index (χ1v) is 8.27. The van der Waals surface area contributed by atoms with Crippen molar-refractivity contribution in [3.63, 3.8) is 0 Å². The highest BCUT2D eigenvalue weighted by atomic mass is 16.5. The van der Waals surface area contributed by atoms with Crippen LogP contribution in [0.2, 0.25) is 0 Å². The highest BCUT2D eigenvalue weighted by molar-refractivity contribution is 6.37. The van der Waals surface area contributed by atoms with E-state index in [0.717, 1.165) is 0 Å². The van der Waals surface area contributed by atoms with E-state index in [9.17, 15) is 19.5 Å². The molecule has 6 heteroatoms. The summed E-state index contributed by atoms with van der Waals surface area (Å²) in [5.41, 5.74) is 0.494. The lowest BCUT2D eigenvalue weighted by molar-refractivity contribution is -0.136. The molecule has 1 N–H and O–H groups in total. The summed E-state index contributed by atoms with van der Waals surface area (Å²) in [4.78, 5) is 36.0. The van der Waals surface area contributed by atoms with Crippen molar-refractivity contribution < 1.29 is 29.0 Å². The Morgan fingerprint density at radius 3 is 2.60 bits per heavy atom. The van der Waals surface area contributed by atoms with Crippen molar-refractivity contribution in [2.45, 2.75) is 45.1 Å². The molecule has 6 nitrogen and oxygen atoms in total. The number of allylic oxidation sites excluding steroid dienone is 1. The number of ketones is 2. The lowest BCUT2D eigenvalue weighted by Gasteiger charge is -2.16. The Morgan fingerprint density at radius 1 is 1.16 bits per heavy atom. The number of phenolic OH excluding ortho intramolecular Hbond substituents is 1. The van der Waals surface area contributed by atoms with Crippen LogP contribution in [0.3, 0.4) is 0 Å². The topological polar surface area (TPSA) is 89.9 Å². The number of hydrogen-bond acceptors (Lipinski definition) is 6. The van der Waals surface area contributed by atoms with Crippen molar-refractivity contribution in [3.05, 3.63) is 29.3 Å². The quantitative estimate of drug-likeness (QED) is 0.621. The molecule has 0 spiro atoms. The maximum Gasteiger partial charge on any atom is 0.342 e. The number of aromatic hydroxyl groups is 1. The van der Waals surface area contributed by atoms with E-state index in [4.69, 9.17) is 9.47 Å². The van der Waals surface area contributed by atoms with Gasteiger partial charge in [0.25, 0.3) is 0 Å². The van der Waals surface area contributed by atoms with Gasteiger partial charge in [0.15, 0.2) is 11.6 Å². The van der Waals surface area contributed by atoms with Crippen molar-refractivity contribution in [1.29, 1.82) is 0 Å². The molecule has 0 amide bonds. The Hall–Kier alpha value is -2.63. The van der Waals surface area contributed by atoms with E-state index >= 15 is 0 Å². The van der Waals surface area contributed by atoms with Crippen LogP contribution in [0.25, 0.3) is 6.08 Å². The van der Waals surface area contributed by atoms with Crippen LogP contribution in [0.5, 0.6) is 11.5 Å². The molecule has 0 saturated heterocycles. The third-order valence-corrected chi connectivity index (χ3v) is 4.03. The van der Waals surface area contributed by atoms with Crippen LogP contribution < -0.4 is 4.74 Å². The van der Waals surface area contributed by atoms with Crippen LogP contribution in [-0.4, -0.2) is 35.9 Å². The van der Waals surface area contributed by atoms with E-state index in [0.29, 0.717) is 30.6 Å². The summed E-state index contributed by atoms with van der Waals surface area (Å²) < 4.78 is 10.5. The molecule has 1 aromatic rings. The minimum Gasteiger partial charge on any atom is -0.507 e. The van der Waals surface area contributed by atoms with Gasteiger partial charge in [-0.3, -0.25) is 9.59 Å². The summed E-state index contributed by atoms with van der Waals surface area (Å²) in [7, 11) is 1.46. The van der Waals surface area contributed by atoms with Crippen molar-refractivity contribution in [2.24, 2.45) is 0 Å². The summed E-state index contributed by atoms with van der Waals surface area (Å²) in [5.74, 6) is -1.24. The summed E-state index contributed by atoms with van der Waals surface area (Å²) in [5, 5.41) is 10.2. The van der Waals surface area contributed by atoms with Gasteiger partial charge in [0.05, 0.1) is 13.2 Å². The predicted octanol–water partition coefficient (Wildman–Crippen LogP) is 3.06. The number of phenols is 1. The fraction of sp³-hybridized carbons (Fsp3) is 0.421. The molecule has 1 aliphatic heterocycles. The smallest absolute Gasteiger partial charge is 0.342 e. The van der Waals surface area contributed by atoms with Crippen LogP contribution in [0.1, 0.15) is 54.9 Å². The summed E-state index contributed by atoms with van der Waals surface area (Å²) in [6, 6.07) is 2.96. The first-order valence-electron chi connectivity index (χ1n) is 8.27. The monoisotopic (exact) mass is 346 g/mol. The summed E-state index contributed by atoms with van der Waals surface area (Å²) in [6.07, 6.45) is 4.45. The second kappa shape index (κ2) is 8.46. The molecule has 0 aliphatic carbocycles. The van der Waals surface area contributed by atoms with Gasteiger partial charge in [-0.1, -0.05) is 12.2 Å². The number of carbonyl (C=O) groups is 3. The molecule has 1 heterocycles. The summed E-state index contributed by atoms with van der Waals surface area (Å²) in [6.45, 7) is 1.71. The highest BCUT2D eigenvalue weighted by Crippen LogP contribution is 2.30. The van der Waals surface area contributed by atoms with Gasteiger partial charge >= 0.3 is 5.97 Å². The van der Waals surface area contributed by atoms with Gasteiger partial charge in [-0.2, -0.15) is 0 Å². The van der Waals surface area contributed by atoms with E-state index < -0.39 is 12.1 Å². The number of ether oxygens (including phenoxy) is 2. The van der Waals surface area contributed by atoms with Gasteiger partial charge in [0.2, 0.25) is 0 Å². The Morgan fingerprint density at radius 2 is 1.88 bits per heavy atom. The fourth-order valence-electron chi connectivity index (χ4n) is 2.65. The van der Waals surface area contributed by atoms with Crippen LogP contribution in [0.4, 0.5) is 0 Å². The minimum atomic E-state index is -0.633. The minimum absolute atomic E-state index is 0.0587. The molecule has 2 rings (SSSR count). The largest absolute Gasteiger partial charge is 0.507 e. The van der Waals surface area contributed by atoms with E-state index in [2.05, 4.69) is 0 Å². The molecule has 0 saturated carbocycles. The van der Waals surface area contributed by atoms with Gasteiger partial charge in [0.1, 0.15) is 17.1 Å². The van der Waals surface area contributed by atoms with Gasteiger partial charge in [-0.25, -0.2) is 4.79 Å². The third-order valence-electron chi connectivity index (χ3n) is 4.03. The number of cyclic esters (lactones) is 1. The zero-order chi connectivity index (χ0) is 18.4. The van der Waals surface area contributed by atoms with Crippen LogP contribution >= 0.6 is 0 Å². The van der Waals surface area contributed by atoms with E-state index in [1.807, 2.05) is 0 Å². The van der Waals surface area contributed by atoms with Crippen molar-refractivity contribution in [1.82, 2.24) is 0 Å². The molecule has 0 aromatic heterocycles. The SMILES string of the molecule is COc1cc(O)c2c(c1)C=CCCC(=O)C(=O)CCC[C@H](C)OC2=O. The average molecular weight is 346 g/mol. The lowest BCUT2D eigenvalue weighted by atomic mass is 10.0. The van der Waals surface area contributed by atoms with Gasteiger partial charge in [-0.15, -0.1) is 0 Å². The van der Waals surface area contributed by atoms with Crippen LogP contribution in [0.15, 0.2) is 18.2 Å². The number of methoxy groups -OCH3 is 1. The Labute approximate surface area is 146 Å². The zero-order valence-corrected chi connectivity index (χ0v) is 14.4. The molecular weight excluding hydrogens is 324 g/mol. The van der Waals surface area contributed by atoms with Crippen LogP contribution in [-0.2, 0) is 14.3 Å². The fourth-order valence-corrected chi connectivity index (χ4v) is 2.65. The maximum atomic E-state index is 12.4. The number of rotatable bonds is 1. The van der Waals surface area contributed by atoms with Crippen molar-refractivity contribution in [2.75, 3.05) is 7.11 Å². The van der Waals surface area contributed by atoms with E-state index in [1.165, 1.54) is 13.2 Å². The number of hydrogen-bond donors (Lipinski definition) is 1. The lowest BCUT2D eigenvalue weighted by Crippen LogP contribution is -2.18. The molecule has 0 fully saturated rings. The molecule has 0 radical (unpaired) electrons. The first kappa shape index (κ1) is 18.7. The number of fused-ring (bicyclic) bond motifs is 1. The Kier molecular flexibility index (Phi) is 6.33. The van der Waals surface area contributed by atoms with Crippen molar-refractivity contribution >= 4 is 23.6 Å². The summed E-state index contributed by atoms with van der Waals surface area (Å²) >= 11 is 0. The van der Waals surface area contributed by atoms with E-state index in [1.54, 1.807) is 25.1 Å². The Bertz CT molecular complexity index is 704. The van der Waals surface area contributed by atoms with Gasteiger partial charge < -0.3 is 14.6 Å². The molecule has 0 unspecified atom stereocenters. The number of esters is 1. The standard InChI is InChI=1S/C19H22O6/c1-12-6-5-9-16(21)15(20)8-4-3-7-13-10-14(24-2)11-17(22)18(13)19(23)25-12/h3,7,10-12,22H,4-6,8-9H2,1-2H3/t12-/m0/s1. The maximum absolute atomic E-state index is 12.4. The number of benzene rings is 1. The number of Topliss-reactive ketones (excluding diaryl/α,β-unsaturated/α-hetero) is 2. The van der Waals surface area contributed by atoms with Gasteiger partial charge in [-0.05, 0) is 37.8 Å². The average Bonchev–Trinajstić information content (AvgIpc) is 2.56. The second-order valence-corrected chi connectivity index (χ2v) is 6.01. The molecule has 1 aliphatic rings. The Balaban J connectivity index is 2.38.